The fraction of sp³-hybridized carbons (Fsp3) is 0.385. The molecule has 0 aliphatic carbocycles. The van der Waals surface area contributed by atoms with E-state index in [1.165, 1.54) is 0 Å². The van der Waals surface area contributed by atoms with Crippen LogP contribution in [-0.2, 0) is 17.8 Å². The number of H-pyrrole nitrogens is 1. The Morgan fingerprint density at radius 3 is 2.65 bits per heavy atom. The van der Waals surface area contributed by atoms with Gasteiger partial charge < -0.3 is 10.2 Å². The quantitative estimate of drug-likeness (QED) is 0.801. The number of hydrogen-bond donors (Lipinski definition) is 2. The SMILES string of the molecule is CN(C)c1ccc(CCC(=O)NCc2nn[nH]n2)cc1. The van der Waals surface area contributed by atoms with Crippen LogP contribution in [0.2, 0.25) is 0 Å². The predicted molar refractivity (Wildman–Crippen MR) is 75.1 cm³/mol. The fourth-order valence-electron chi connectivity index (χ4n) is 1.74. The van der Waals surface area contributed by atoms with Crippen LogP contribution in [0.25, 0.3) is 0 Å². The molecular formula is C13H18N6O. The minimum absolute atomic E-state index is 0.0218. The zero-order valence-electron chi connectivity index (χ0n) is 11.6. The zero-order chi connectivity index (χ0) is 14.4. The number of anilines is 1. The topological polar surface area (TPSA) is 86.8 Å². The molecule has 1 heterocycles. The van der Waals surface area contributed by atoms with Crippen LogP contribution in [0, 0.1) is 0 Å². The maximum Gasteiger partial charge on any atom is 0.220 e. The molecule has 0 saturated heterocycles. The van der Waals surface area contributed by atoms with E-state index in [1.807, 2.05) is 43.3 Å². The van der Waals surface area contributed by atoms with Gasteiger partial charge in [-0.1, -0.05) is 17.3 Å². The van der Waals surface area contributed by atoms with E-state index in [2.05, 4.69) is 25.9 Å². The highest BCUT2D eigenvalue weighted by atomic mass is 16.1. The highest BCUT2D eigenvalue weighted by Crippen LogP contribution is 2.13. The summed E-state index contributed by atoms with van der Waals surface area (Å²) in [7, 11) is 4.00. The summed E-state index contributed by atoms with van der Waals surface area (Å²) < 4.78 is 0. The molecule has 2 rings (SSSR count). The molecule has 0 aliphatic rings. The lowest BCUT2D eigenvalue weighted by molar-refractivity contribution is -0.121. The Bertz CT molecular complexity index is 534. The van der Waals surface area contributed by atoms with Crippen molar-refractivity contribution < 1.29 is 4.79 Å². The van der Waals surface area contributed by atoms with Crippen molar-refractivity contribution in [1.82, 2.24) is 25.9 Å². The van der Waals surface area contributed by atoms with E-state index < -0.39 is 0 Å². The number of rotatable bonds is 6. The average molecular weight is 274 g/mol. The van der Waals surface area contributed by atoms with E-state index >= 15 is 0 Å². The van der Waals surface area contributed by atoms with E-state index in [-0.39, 0.29) is 5.91 Å². The van der Waals surface area contributed by atoms with Crippen LogP contribution < -0.4 is 10.2 Å². The fourth-order valence-corrected chi connectivity index (χ4v) is 1.74. The van der Waals surface area contributed by atoms with Gasteiger partial charge >= 0.3 is 0 Å². The van der Waals surface area contributed by atoms with Crippen LogP contribution in [0.1, 0.15) is 17.8 Å². The third kappa shape index (κ3) is 4.04. The average Bonchev–Trinajstić information content (AvgIpc) is 2.96. The summed E-state index contributed by atoms with van der Waals surface area (Å²) in [5, 5.41) is 16.0. The normalized spacial score (nSPS) is 10.3. The Labute approximate surface area is 117 Å². The van der Waals surface area contributed by atoms with E-state index in [0.29, 0.717) is 25.2 Å². The maximum absolute atomic E-state index is 11.7. The van der Waals surface area contributed by atoms with Gasteiger partial charge in [-0.3, -0.25) is 4.79 Å². The van der Waals surface area contributed by atoms with E-state index in [4.69, 9.17) is 0 Å². The Balaban J connectivity index is 1.75. The second kappa shape index (κ2) is 6.65. The van der Waals surface area contributed by atoms with Gasteiger partial charge in [-0.05, 0) is 24.1 Å². The minimum Gasteiger partial charge on any atom is -0.378 e. The standard InChI is InChI=1S/C13H18N6O/c1-19(2)11-6-3-10(4-7-11)5-8-13(20)14-9-12-15-17-18-16-12/h3-4,6-7H,5,8-9H2,1-2H3,(H,14,20)(H,15,16,17,18). The molecule has 106 valence electrons. The molecule has 1 aromatic carbocycles. The number of tetrazole rings is 1. The predicted octanol–water partition coefficient (Wildman–Crippen LogP) is 0.515. The van der Waals surface area contributed by atoms with Gasteiger partial charge in [0.1, 0.15) is 0 Å². The molecule has 0 saturated carbocycles. The first-order chi connectivity index (χ1) is 9.65. The number of aromatic amines is 1. The molecule has 0 bridgehead atoms. The van der Waals surface area contributed by atoms with E-state index in [0.717, 1.165) is 11.3 Å². The van der Waals surface area contributed by atoms with Gasteiger partial charge in [0.15, 0.2) is 5.82 Å². The largest absolute Gasteiger partial charge is 0.378 e. The number of carbonyl (C=O) groups is 1. The lowest BCUT2D eigenvalue weighted by Crippen LogP contribution is -2.23. The molecule has 0 fully saturated rings. The first-order valence-electron chi connectivity index (χ1n) is 6.40. The van der Waals surface area contributed by atoms with Crippen LogP contribution in [0.5, 0.6) is 0 Å². The highest BCUT2D eigenvalue weighted by Gasteiger charge is 2.04. The van der Waals surface area contributed by atoms with Crippen molar-refractivity contribution in [3.63, 3.8) is 0 Å². The molecule has 2 aromatic rings. The van der Waals surface area contributed by atoms with Gasteiger partial charge in [-0.2, -0.15) is 5.21 Å². The molecule has 0 radical (unpaired) electrons. The van der Waals surface area contributed by atoms with Crippen LogP contribution in [0.15, 0.2) is 24.3 Å². The number of hydrogen-bond acceptors (Lipinski definition) is 5. The second-order valence-electron chi connectivity index (χ2n) is 4.67. The van der Waals surface area contributed by atoms with Crippen LogP contribution in [0.3, 0.4) is 0 Å². The van der Waals surface area contributed by atoms with Crippen molar-refractivity contribution in [1.29, 1.82) is 0 Å². The molecule has 1 aromatic heterocycles. The van der Waals surface area contributed by atoms with Gasteiger partial charge in [-0.15, -0.1) is 10.2 Å². The number of aromatic nitrogens is 4. The summed E-state index contributed by atoms with van der Waals surface area (Å²) in [5.74, 6) is 0.458. The number of aryl methyl sites for hydroxylation is 1. The number of benzene rings is 1. The zero-order valence-corrected chi connectivity index (χ0v) is 11.6. The van der Waals surface area contributed by atoms with Gasteiger partial charge in [0.05, 0.1) is 6.54 Å². The highest BCUT2D eigenvalue weighted by molar-refractivity contribution is 5.76. The molecule has 1 amide bonds. The Hall–Kier alpha value is -2.44. The third-order valence-electron chi connectivity index (χ3n) is 2.93. The monoisotopic (exact) mass is 274 g/mol. The van der Waals surface area contributed by atoms with E-state index in [9.17, 15) is 4.79 Å². The number of amides is 1. The summed E-state index contributed by atoms with van der Waals surface area (Å²) >= 11 is 0. The van der Waals surface area contributed by atoms with Crippen molar-refractivity contribution in [3.05, 3.63) is 35.7 Å². The van der Waals surface area contributed by atoms with Crippen LogP contribution in [0.4, 0.5) is 5.69 Å². The van der Waals surface area contributed by atoms with Crippen LogP contribution in [-0.4, -0.2) is 40.6 Å². The molecule has 0 spiro atoms. The summed E-state index contributed by atoms with van der Waals surface area (Å²) in [6, 6.07) is 8.18. The van der Waals surface area contributed by atoms with Crippen molar-refractivity contribution in [2.75, 3.05) is 19.0 Å². The smallest absolute Gasteiger partial charge is 0.220 e. The molecule has 7 nitrogen and oxygen atoms in total. The summed E-state index contributed by atoms with van der Waals surface area (Å²) in [6.45, 7) is 0.300. The Morgan fingerprint density at radius 2 is 2.05 bits per heavy atom. The third-order valence-corrected chi connectivity index (χ3v) is 2.93. The van der Waals surface area contributed by atoms with Crippen molar-refractivity contribution >= 4 is 11.6 Å². The van der Waals surface area contributed by atoms with Crippen molar-refractivity contribution in [3.8, 4) is 0 Å². The van der Waals surface area contributed by atoms with Crippen molar-refractivity contribution in [2.24, 2.45) is 0 Å². The Morgan fingerprint density at radius 1 is 1.30 bits per heavy atom. The lowest BCUT2D eigenvalue weighted by Gasteiger charge is -2.12. The first kappa shape index (κ1) is 14.0. The van der Waals surface area contributed by atoms with Gasteiger partial charge in [0.2, 0.25) is 5.91 Å². The number of carbonyl (C=O) groups excluding carboxylic acids is 1. The second-order valence-corrected chi connectivity index (χ2v) is 4.67. The Kier molecular flexibility index (Phi) is 4.65. The molecule has 7 heteroatoms. The number of nitrogens with zero attached hydrogens (tertiary/aromatic N) is 4. The first-order valence-corrected chi connectivity index (χ1v) is 6.40. The maximum atomic E-state index is 11.7. The summed E-state index contributed by atoms with van der Waals surface area (Å²) in [6.07, 6.45) is 1.16. The van der Waals surface area contributed by atoms with Crippen molar-refractivity contribution in [2.45, 2.75) is 19.4 Å². The number of nitrogens with one attached hydrogen (secondary N) is 2. The van der Waals surface area contributed by atoms with E-state index in [1.54, 1.807) is 0 Å². The molecule has 0 aliphatic heterocycles. The molecule has 0 unspecified atom stereocenters. The molecular weight excluding hydrogens is 256 g/mol. The van der Waals surface area contributed by atoms with Gasteiger partial charge in [-0.25, -0.2) is 0 Å². The lowest BCUT2D eigenvalue weighted by atomic mass is 10.1. The minimum atomic E-state index is -0.0218. The van der Waals surface area contributed by atoms with Gasteiger partial charge in [0.25, 0.3) is 0 Å². The molecule has 2 N–H and O–H groups in total. The summed E-state index contributed by atoms with van der Waals surface area (Å²) in [4.78, 5) is 13.7. The van der Waals surface area contributed by atoms with Gasteiger partial charge in [0, 0.05) is 26.2 Å². The molecule has 20 heavy (non-hydrogen) atoms. The van der Waals surface area contributed by atoms with Crippen LogP contribution >= 0.6 is 0 Å². The molecule has 0 atom stereocenters. The summed E-state index contributed by atoms with van der Waals surface area (Å²) in [5.41, 5.74) is 2.29.